The fourth-order valence-electron chi connectivity index (χ4n) is 3.23. The highest BCUT2D eigenvalue weighted by Gasteiger charge is 2.25. The van der Waals surface area contributed by atoms with E-state index in [1.807, 2.05) is 17.5 Å². The Kier molecular flexibility index (Phi) is 4.71. The van der Waals surface area contributed by atoms with Gasteiger partial charge in [-0.2, -0.15) is 5.10 Å². The molecule has 7 heteroatoms. The third kappa shape index (κ3) is 3.77. The Hall–Kier alpha value is -2.67. The van der Waals surface area contributed by atoms with Crippen molar-refractivity contribution in [3.63, 3.8) is 0 Å². The number of aromatic amines is 1. The molecule has 0 aliphatic carbocycles. The first-order valence-electron chi connectivity index (χ1n) is 8.55. The van der Waals surface area contributed by atoms with Crippen molar-refractivity contribution in [3.05, 3.63) is 59.2 Å². The Balaban J connectivity index is 1.33. The van der Waals surface area contributed by atoms with Crippen LogP contribution in [-0.2, 0) is 11.2 Å². The SMILES string of the molecule is O=C(Cc1cccc(F)c1)NC1CCN(c2cc(-c3cccs3)[nH]n2)C1. The Morgan fingerprint density at radius 3 is 3.08 bits per heavy atom. The Morgan fingerprint density at radius 2 is 2.27 bits per heavy atom. The second kappa shape index (κ2) is 7.29. The van der Waals surface area contributed by atoms with Gasteiger partial charge in [0.05, 0.1) is 17.0 Å². The molecule has 0 bridgehead atoms. The molecule has 5 nitrogen and oxygen atoms in total. The quantitative estimate of drug-likeness (QED) is 0.725. The van der Waals surface area contributed by atoms with Gasteiger partial charge in [-0.1, -0.05) is 18.2 Å². The van der Waals surface area contributed by atoms with Crippen LogP contribution < -0.4 is 10.2 Å². The van der Waals surface area contributed by atoms with Crippen molar-refractivity contribution in [3.8, 4) is 10.6 Å². The smallest absolute Gasteiger partial charge is 0.224 e. The summed E-state index contributed by atoms with van der Waals surface area (Å²) >= 11 is 1.67. The number of aromatic nitrogens is 2. The number of hydrogen-bond donors (Lipinski definition) is 2. The van der Waals surface area contributed by atoms with Gasteiger partial charge < -0.3 is 10.2 Å². The molecule has 3 aromatic rings. The summed E-state index contributed by atoms with van der Waals surface area (Å²) in [5.41, 5.74) is 1.69. The first-order chi connectivity index (χ1) is 12.7. The van der Waals surface area contributed by atoms with Gasteiger partial charge in [-0.3, -0.25) is 9.89 Å². The summed E-state index contributed by atoms with van der Waals surface area (Å²) < 4.78 is 13.2. The van der Waals surface area contributed by atoms with Crippen LogP contribution in [0.1, 0.15) is 12.0 Å². The van der Waals surface area contributed by atoms with E-state index in [2.05, 4.69) is 26.5 Å². The lowest BCUT2D eigenvalue weighted by Crippen LogP contribution is -2.38. The van der Waals surface area contributed by atoms with Crippen molar-refractivity contribution in [2.75, 3.05) is 18.0 Å². The highest BCUT2D eigenvalue weighted by Crippen LogP contribution is 2.27. The zero-order chi connectivity index (χ0) is 17.9. The molecule has 1 aliphatic heterocycles. The summed E-state index contributed by atoms with van der Waals surface area (Å²) in [7, 11) is 0. The molecule has 134 valence electrons. The van der Waals surface area contributed by atoms with Crippen LogP contribution >= 0.6 is 11.3 Å². The highest BCUT2D eigenvalue weighted by atomic mass is 32.1. The zero-order valence-corrected chi connectivity index (χ0v) is 14.9. The lowest BCUT2D eigenvalue weighted by atomic mass is 10.1. The van der Waals surface area contributed by atoms with E-state index in [1.54, 1.807) is 23.5 Å². The highest BCUT2D eigenvalue weighted by molar-refractivity contribution is 7.13. The molecule has 1 saturated heterocycles. The van der Waals surface area contributed by atoms with Gasteiger partial charge in [0.15, 0.2) is 5.82 Å². The van der Waals surface area contributed by atoms with E-state index in [-0.39, 0.29) is 24.2 Å². The number of carbonyl (C=O) groups excluding carboxylic acids is 1. The van der Waals surface area contributed by atoms with Gasteiger partial charge in [-0.15, -0.1) is 11.3 Å². The number of nitrogens with one attached hydrogen (secondary N) is 2. The van der Waals surface area contributed by atoms with E-state index >= 15 is 0 Å². The number of benzene rings is 1. The molecule has 1 aliphatic rings. The fraction of sp³-hybridized carbons (Fsp3) is 0.263. The van der Waals surface area contributed by atoms with E-state index in [1.165, 1.54) is 12.1 Å². The zero-order valence-electron chi connectivity index (χ0n) is 14.1. The van der Waals surface area contributed by atoms with Gasteiger partial charge in [0.1, 0.15) is 5.82 Å². The van der Waals surface area contributed by atoms with Crippen molar-refractivity contribution >= 4 is 23.1 Å². The summed E-state index contributed by atoms with van der Waals surface area (Å²) in [6.07, 6.45) is 1.06. The van der Waals surface area contributed by atoms with Gasteiger partial charge in [0.2, 0.25) is 5.91 Å². The van der Waals surface area contributed by atoms with Gasteiger partial charge in [0.25, 0.3) is 0 Å². The molecule has 26 heavy (non-hydrogen) atoms. The van der Waals surface area contributed by atoms with Crippen LogP contribution in [0.5, 0.6) is 0 Å². The number of hydrogen-bond acceptors (Lipinski definition) is 4. The molecule has 1 fully saturated rings. The summed E-state index contributed by atoms with van der Waals surface area (Å²) in [5.74, 6) is 0.501. The number of halogens is 1. The number of thiophene rings is 1. The molecular formula is C19H19FN4OS. The monoisotopic (exact) mass is 370 g/mol. The second-order valence-electron chi connectivity index (χ2n) is 6.42. The second-order valence-corrected chi connectivity index (χ2v) is 7.37. The Morgan fingerprint density at radius 1 is 1.35 bits per heavy atom. The number of carbonyl (C=O) groups is 1. The number of nitrogens with zero attached hydrogens (tertiary/aromatic N) is 2. The number of rotatable bonds is 5. The van der Waals surface area contributed by atoms with E-state index in [0.29, 0.717) is 5.56 Å². The summed E-state index contributed by atoms with van der Waals surface area (Å²) in [6.45, 7) is 1.57. The van der Waals surface area contributed by atoms with E-state index in [0.717, 1.165) is 35.9 Å². The van der Waals surface area contributed by atoms with Crippen LogP contribution in [0.2, 0.25) is 0 Å². The standard InChI is InChI=1S/C19H19FN4OS/c20-14-4-1-3-13(9-14)10-19(25)21-15-6-7-24(12-15)18-11-16(22-23-18)17-5-2-8-26-17/h1-5,8-9,11,15H,6-7,10,12H2,(H,21,25)(H,22,23). The first-order valence-corrected chi connectivity index (χ1v) is 9.43. The van der Waals surface area contributed by atoms with Crippen LogP contribution in [0.15, 0.2) is 47.8 Å². The lowest BCUT2D eigenvalue weighted by molar-refractivity contribution is -0.121. The number of anilines is 1. The molecular weight excluding hydrogens is 351 g/mol. The molecule has 2 N–H and O–H groups in total. The maximum Gasteiger partial charge on any atom is 0.224 e. The van der Waals surface area contributed by atoms with E-state index < -0.39 is 0 Å². The molecule has 1 aromatic carbocycles. The van der Waals surface area contributed by atoms with Gasteiger partial charge in [0, 0.05) is 25.2 Å². The topological polar surface area (TPSA) is 61.0 Å². The van der Waals surface area contributed by atoms with Crippen LogP contribution in [0.25, 0.3) is 10.6 Å². The molecule has 2 aromatic heterocycles. The molecule has 0 spiro atoms. The summed E-state index contributed by atoms with van der Waals surface area (Å²) in [4.78, 5) is 15.5. The minimum Gasteiger partial charge on any atom is -0.353 e. The summed E-state index contributed by atoms with van der Waals surface area (Å²) in [6, 6.07) is 12.4. The molecule has 1 atom stereocenters. The molecule has 1 unspecified atom stereocenters. The average molecular weight is 370 g/mol. The summed E-state index contributed by atoms with van der Waals surface area (Å²) in [5, 5.41) is 12.6. The molecule has 0 radical (unpaired) electrons. The number of amides is 1. The van der Waals surface area contributed by atoms with Crippen LogP contribution in [0.3, 0.4) is 0 Å². The third-order valence-corrected chi connectivity index (χ3v) is 5.39. The van der Waals surface area contributed by atoms with E-state index in [4.69, 9.17) is 0 Å². The van der Waals surface area contributed by atoms with Gasteiger partial charge in [-0.05, 0) is 35.6 Å². The van der Waals surface area contributed by atoms with Crippen LogP contribution in [0, 0.1) is 5.82 Å². The first kappa shape index (κ1) is 16.8. The van der Waals surface area contributed by atoms with Crippen LogP contribution in [-0.4, -0.2) is 35.2 Å². The Bertz CT molecular complexity index is 893. The predicted octanol–water partition coefficient (Wildman–Crippen LogP) is 3.21. The van der Waals surface area contributed by atoms with Crippen molar-refractivity contribution in [1.82, 2.24) is 15.5 Å². The van der Waals surface area contributed by atoms with Gasteiger partial charge >= 0.3 is 0 Å². The third-order valence-electron chi connectivity index (χ3n) is 4.48. The predicted molar refractivity (Wildman–Crippen MR) is 101 cm³/mol. The lowest BCUT2D eigenvalue weighted by Gasteiger charge is -2.16. The van der Waals surface area contributed by atoms with E-state index in [9.17, 15) is 9.18 Å². The van der Waals surface area contributed by atoms with Crippen molar-refractivity contribution in [2.45, 2.75) is 18.9 Å². The fourth-order valence-corrected chi connectivity index (χ4v) is 3.92. The van der Waals surface area contributed by atoms with Gasteiger partial charge in [-0.25, -0.2) is 4.39 Å². The average Bonchev–Trinajstić information content (AvgIpc) is 3.35. The van der Waals surface area contributed by atoms with Crippen LogP contribution in [0.4, 0.5) is 10.2 Å². The molecule has 3 heterocycles. The minimum atomic E-state index is -0.317. The van der Waals surface area contributed by atoms with Crippen molar-refractivity contribution in [2.24, 2.45) is 0 Å². The molecule has 4 rings (SSSR count). The maximum absolute atomic E-state index is 13.2. The Labute approximate surface area is 154 Å². The minimum absolute atomic E-state index is 0.0799. The maximum atomic E-state index is 13.2. The molecule has 0 saturated carbocycles. The number of H-pyrrole nitrogens is 1. The van der Waals surface area contributed by atoms with Crippen molar-refractivity contribution < 1.29 is 9.18 Å². The molecule has 1 amide bonds. The largest absolute Gasteiger partial charge is 0.353 e. The normalized spacial score (nSPS) is 16.8. The van der Waals surface area contributed by atoms with Crippen molar-refractivity contribution in [1.29, 1.82) is 0 Å².